The highest BCUT2D eigenvalue weighted by Gasteiger charge is 2.53. The zero-order valence-corrected chi connectivity index (χ0v) is 19.7. The minimum Gasteiger partial charge on any atom is -0.391 e. The van der Waals surface area contributed by atoms with Crippen LogP contribution in [0.1, 0.15) is 25.7 Å². The molecule has 2 aliphatic carbocycles. The summed E-state index contributed by atoms with van der Waals surface area (Å²) in [6.45, 7) is 4.70. The molecule has 178 valence electrons. The number of nitrogens with two attached hydrogens (primary N) is 1. The fourth-order valence-corrected chi connectivity index (χ4v) is 6.93. The van der Waals surface area contributed by atoms with Gasteiger partial charge < -0.3 is 21.1 Å². The number of amides is 2. The molecule has 1 aromatic carbocycles. The SMILES string of the molecule is NC(=O)C1C2CCC(C2)C1C(=O)NCC(O)CCN1CCN(c2nsc3ccccc23)CC1. The highest BCUT2D eigenvalue weighted by molar-refractivity contribution is 7.13. The van der Waals surface area contributed by atoms with E-state index in [1.165, 1.54) is 10.1 Å². The van der Waals surface area contributed by atoms with Gasteiger partial charge in [0.2, 0.25) is 11.8 Å². The molecule has 2 aromatic rings. The molecule has 5 rings (SSSR count). The van der Waals surface area contributed by atoms with Gasteiger partial charge in [0.25, 0.3) is 0 Å². The lowest BCUT2D eigenvalue weighted by Crippen LogP contribution is -2.48. The van der Waals surface area contributed by atoms with Crippen molar-refractivity contribution in [3.63, 3.8) is 0 Å². The number of anilines is 1. The Bertz CT molecular complexity index is 1000. The summed E-state index contributed by atoms with van der Waals surface area (Å²) in [7, 11) is 0. The Hall–Kier alpha value is -2.23. The summed E-state index contributed by atoms with van der Waals surface area (Å²) in [4.78, 5) is 29.3. The van der Waals surface area contributed by atoms with Gasteiger partial charge in [-0.1, -0.05) is 12.1 Å². The molecule has 4 N–H and O–H groups in total. The van der Waals surface area contributed by atoms with E-state index in [2.05, 4.69) is 37.7 Å². The minimum absolute atomic E-state index is 0.117. The lowest BCUT2D eigenvalue weighted by atomic mass is 9.78. The van der Waals surface area contributed by atoms with Crippen molar-refractivity contribution in [2.75, 3.05) is 44.2 Å². The fourth-order valence-electron chi connectivity index (χ4n) is 6.13. The molecular weight excluding hydrogens is 438 g/mol. The van der Waals surface area contributed by atoms with E-state index in [1.54, 1.807) is 11.5 Å². The first-order chi connectivity index (χ1) is 16.0. The Kier molecular flexibility index (Phi) is 6.53. The molecule has 2 saturated carbocycles. The zero-order valence-electron chi connectivity index (χ0n) is 18.9. The summed E-state index contributed by atoms with van der Waals surface area (Å²) in [6.07, 6.45) is 2.93. The molecule has 2 amide bonds. The Labute approximate surface area is 198 Å². The molecule has 2 heterocycles. The summed E-state index contributed by atoms with van der Waals surface area (Å²) in [5, 5.41) is 14.6. The van der Waals surface area contributed by atoms with Gasteiger partial charge in [-0.2, -0.15) is 4.37 Å². The molecule has 5 atom stereocenters. The van der Waals surface area contributed by atoms with Crippen LogP contribution < -0.4 is 16.0 Å². The van der Waals surface area contributed by atoms with Crippen LogP contribution in [0, 0.1) is 23.7 Å². The smallest absolute Gasteiger partial charge is 0.224 e. The molecular formula is C24H33N5O3S. The van der Waals surface area contributed by atoms with Crippen LogP contribution in [-0.2, 0) is 9.59 Å². The number of aliphatic hydroxyl groups is 1. The van der Waals surface area contributed by atoms with Crippen LogP contribution in [-0.4, -0.2) is 71.6 Å². The van der Waals surface area contributed by atoms with Gasteiger partial charge in [-0.3, -0.25) is 14.5 Å². The molecule has 1 aromatic heterocycles. The topological polar surface area (TPSA) is 112 Å². The van der Waals surface area contributed by atoms with Crippen LogP contribution in [0.4, 0.5) is 5.82 Å². The van der Waals surface area contributed by atoms with Crippen molar-refractivity contribution in [3.8, 4) is 0 Å². The summed E-state index contributed by atoms with van der Waals surface area (Å²) in [5.41, 5.74) is 5.59. The van der Waals surface area contributed by atoms with E-state index in [-0.39, 0.29) is 42.0 Å². The third-order valence-electron chi connectivity index (χ3n) is 7.87. The first-order valence-corrected chi connectivity index (χ1v) is 12.9. The molecule has 1 saturated heterocycles. The molecule has 1 aliphatic heterocycles. The summed E-state index contributed by atoms with van der Waals surface area (Å²) in [5.74, 6) is 0.468. The number of carbonyl (C=O) groups is 2. The van der Waals surface area contributed by atoms with Gasteiger partial charge in [0.15, 0.2) is 0 Å². The van der Waals surface area contributed by atoms with E-state index < -0.39 is 6.10 Å². The average molecular weight is 472 g/mol. The number of hydrogen-bond acceptors (Lipinski definition) is 7. The van der Waals surface area contributed by atoms with Gasteiger partial charge in [0, 0.05) is 44.7 Å². The second-order valence-electron chi connectivity index (χ2n) is 9.81. The van der Waals surface area contributed by atoms with Crippen molar-refractivity contribution in [1.82, 2.24) is 14.6 Å². The summed E-state index contributed by atoms with van der Waals surface area (Å²) >= 11 is 1.55. The van der Waals surface area contributed by atoms with E-state index in [1.807, 2.05) is 6.07 Å². The quantitative estimate of drug-likeness (QED) is 0.537. The average Bonchev–Trinajstić information content (AvgIpc) is 3.56. The van der Waals surface area contributed by atoms with Gasteiger partial charge in [0.1, 0.15) is 5.82 Å². The number of aliphatic hydroxyl groups excluding tert-OH is 1. The van der Waals surface area contributed by atoms with Gasteiger partial charge in [0.05, 0.1) is 22.6 Å². The maximum Gasteiger partial charge on any atom is 0.224 e. The molecule has 3 fully saturated rings. The van der Waals surface area contributed by atoms with Crippen LogP contribution in [0.2, 0.25) is 0 Å². The van der Waals surface area contributed by atoms with E-state index in [9.17, 15) is 14.7 Å². The molecule has 3 aliphatic rings. The molecule has 2 bridgehead atoms. The maximum atomic E-state index is 12.8. The Morgan fingerprint density at radius 1 is 1.15 bits per heavy atom. The van der Waals surface area contributed by atoms with Crippen LogP contribution in [0.15, 0.2) is 24.3 Å². The lowest BCUT2D eigenvalue weighted by molar-refractivity contribution is -0.135. The number of nitrogens with one attached hydrogen (secondary N) is 1. The van der Waals surface area contributed by atoms with Gasteiger partial charge in [-0.05, 0) is 61.2 Å². The van der Waals surface area contributed by atoms with Crippen LogP contribution in [0.3, 0.4) is 0 Å². The molecule has 33 heavy (non-hydrogen) atoms. The molecule has 8 nitrogen and oxygen atoms in total. The summed E-state index contributed by atoms with van der Waals surface area (Å²) in [6, 6.07) is 8.34. The van der Waals surface area contributed by atoms with Crippen molar-refractivity contribution in [3.05, 3.63) is 24.3 Å². The fraction of sp³-hybridized carbons (Fsp3) is 0.625. The van der Waals surface area contributed by atoms with Gasteiger partial charge in [-0.15, -0.1) is 0 Å². The van der Waals surface area contributed by atoms with Gasteiger partial charge in [-0.25, -0.2) is 0 Å². The highest BCUT2D eigenvalue weighted by Crippen LogP contribution is 2.52. The minimum atomic E-state index is -0.597. The van der Waals surface area contributed by atoms with Crippen molar-refractivity contribution in [1.29, 1.82) is 0 Å². The number of primary amides is 1. The number of benzene rings is 1. The molecule has 5 unspecified atom stereocenters. The second-order valence-corrected chi connectivity index (χ2v) is 10.6. The van der Waals surface area contributed by atoms with Crippen LogP contribution in [0.5, 0.6) is 0 Å². The van der Waals surface area contributed by atoms with Crippen LogP contribution in [0.25, 0.3) is 10.1 Å². The van der Waals surface area contributed by atoms with Crippen molar-refractivity contribution < 1.29 is 14.7 Å². The van der Waals surface area contributed by atoms with Crippen molar-refractivity contribution in [2.45, 2.75) is 31.8 Å². The highest BCUT2D eigenvalue weighted by atomic mass is 32.1. The monoisotopic (exact) mass is 471 g/mol. The predicted molar refractivity (Wildman–Crippen MR) is 129 cm³/mol. The third-order valence-corrected chi connectivity index (χ3v) is 8.69. The molecule has 9 heteroatoms. The standard InChI is InChI=1S/C24H33N5O3S/c25-22(31)20-15-5-6-16(13-15)21(20)24(32)26-14-17(30)7-8-28-9-11-29(12-10-28)23-18-3-1-2-4-19(18)33-27-23/h1-4,15-17,20-21,30H,5-14H2,(H2,25,31)(H,26,32). The van der Waals surface area contributed by atoms with E-state index in [4.69, 9.17) is 5.73 Å². The zero-order chi connectivity index (χ0) is 22.9. The number of rotatable bonds is 8. The largest absolute Gasteiger partial charge is 0.391 e. The third kappa shape index (κ3) is 4.58. The summed E-state index contributed by atoms with van der Waals surface area (Å²) < 4.78 is 5.88. The Morgan fingerprint density at radius 2 is 1.88 bits per heavy atom. The lowest BCUT2D eigenvalue weighted by Gasteiger charge is -2.35. The first kappa shape index (κ1) is 22.6. The number of nitrogens with zero attached hydrogens (tertiary/aromatic N) is 3. The second kappa shape index (κ2) is 9.56. The normalized spacial score (nSPS) is 28.3. The number of hydrogen-bond donors (Lipinski definition) is 3. The number of piperazine rings is 1. The van der Waals surface area contributed by atoms with Crippen LogP contribution >= 0.6 is 11.5 Å². The number of fused-ring (bicyclic) bond motifs is 3. The molecule has 0 spiro atoms. The Morgan fingerprint density at radius 3 is 2.64 bits per heavy atom. The first-order valence-electron chi connectivity index (χ1n) is 12.1. The number of carbonyl (C=O) groups excluding carboxylic acids is 2. The Balaban J connectivity index is 1.05. The predicted octanol–water partition coefficient (Wildman–Crippen LogP) is 1.43. The van der Waals surface area contributed by atoms with E-state index >= 15 is 0 Å². The van der Waals surface area contributed by atoms with Gasteiger partial charge >= 0.3 is 0 Å². The van der Waals surface area contributed by atoms with E-state index in [0.717, 1.165) is 57.8 Å². The van der Waals surface area contributed by atoms with Crippen molar-refractivity contribution in [2.24, 2.45) is 29.4 Å². The van der Waals surface area contributed by atoms with Crippen molar-refractivity contribution >= 4 is 39.3 Å². The van der Waals surface area contributed by atoms with E-state index in [0.29, 0.717) is 6.42 Å². The number of aromatic nitrogens is 1. The molecule has 0 radical (unpaired) electrons. The maximum absolute atomic E-state index is 12.8.